The van der Waals surface area contributed by atoms with Gasteiger partial charge in [0.15, 0.2) is 5.65 Å². The molecule has 6 heteroatoms. The molecule has 1 amide bonds. The molecule has 26 heavy (non-hydrogen) atoms. The van der Waals surface area contributed by atoms with Crippen molar-refractivity contribution in [3.63, 3.8) is 0 Å². The fourth-order valence-corrected chi connectivity index (χ4v) is 4.54. The molecule has 138 valence electrons. The van der Waals surface area contributed by atoms with Gasteiger partial charge in [0.25, 0.3) is 0 Å². The zero-order valence-corrected chi connectivity index (χ0v) is 15.3. The third-order valence-electron chi connectivity index (χ3n) is 6.35. The quantitative estimate of drug-likeness (QED) is 0.921. The number of amides is 1. The molecule has 0 aromatic carbocycles. The van der Waals surface area contributed by atoms with E-state index in [-0.39, 0.29) is 5.92 Å². The molecular weight excluding hydrogens is 326 g/mol. The molecule has 5 rings (SSSR count). The van der Waals surface area contributed by atoms with E-state index in [0.717, 1.165) is 74.7 Å². The molecule has 1 unspecified atom stereocenters. The Hall–Kier alpha value is -2.11. The molecule has 6 nitrogen and oxygen atoms in total. The van der Waals surface area contributed by atoms with Gasteiger partial charge in [-0.3, -0.25) is 4.79 Å². The predicted octanol–water partition coefficient (Wildman–Crippen LogP) is 3.06. The van der Waals surface area contributed by atoms with Crippen LogP contribution in [0.25, 0.3) is 11.2 Å². The highest BCUT2D eigenvalue weighted by Gasteiger charge is 2.31. The molecule has 3 fully saturated rings. The molecule has 2 saturated heterocycles. The van der Waals surface area contributed by atoms with Crippen LogP contribution in [0.15, 0.2) is 12.1 Å². The van der Waals surface area contributed by atoms with Crippen LogP contribution < -0.4 is 4.90 Å². The van der Waals surface area contributed by atoms with E-state index in [0.29, 0.717) is 11.8 Å². The largest absolute Gasteiger partial charge is 0.356 e. The summed E-state index contributed by atoms with van der Waals surface area (Å²) in [5.74, 6) is 3.12. The standard InChI is InChI=1S/C20H27N5O/c26-20(24-10-1-2-11-24)15-7-4-12-25(13-15)17-9-8-16-19(22-17)23-18(21-16)14-5-3-6-14/h8-9,14-15H,1-7,10-13H2,(H,21,22,23). The molecule has 2 aliphatic heterocycles. The summed E-state index contributed by atoms with van der Waals surface area (Å²) in [5.41, 5.74) is 1.84. The lowest BCUT2D eigenvalue weighted by molar-refractivity contribution is -0.134. The Bertz CT molecular complexity index is 806. The van der Waals surface area contributed by atoms with E-state index in [1.165, 1.54) is 19.3 Å². The van der Waals surface area contributed by atoms with Crippen molar-refractivity contribution in [2.24, 2.45) is 5.92 Å². The maximum atomic E-state index is 12.8. The molecule has 0 spiro atoms. The Morgan fingerprint density at radius 1 is 1.00 bits per heavy atom. The van der Waals surface area contributed by atoms with E-state index in [4.69, 9.17) is 9.97 Å². The van der Waals surface area contributed by atoms with Crippen molar-refractivity contribution in [2.45, 2.75) is 50.9 Å². The van der Waals surface area contributed by atoms with E-state index in [1.807, 2.05) is 0 Å². The second-order valence-electron chi connectivity index (χ2n) is 8.10. The van der Waals surface area contributed by atoms with Crippen LogP contribution in [0.1, 0.15) is 56.7 Å². The van der Waals surface area contributed by atoms with Gasteiger partial charge in [-0.25, -0.2) is 9.97 Å². The van der Waals surface area contributed by atoms with Crippen molar-refractivity contribution in [3.05, 3.63) is 18.0 Å². The number of imidazole rings is 1. The number of likely N-dealkylation sites (tertiary alicyclic amines) is 1. The van der Waals surface area contributed by atoms with Crippen LogP contribution in [0, 0.1) is 5.92 Å². The van der Waals surface area contributed by atoms with Gasteiger partial charge in [-0.1, -0.05) is 6.42 Å². The first-order chi connectivity index (χ1) is 12.8. The monoisotopic (exact) mass is 353 g/mol. The maximum absolute atomic E-state index is 12.8. The number of fused-ring (bicyclic) bond motifs is 1. The van der Waals surface area contributed by atoms with E-state index in [9.17, 15) is 4.79 Å². The van der Waals surface area contributed by atoms with Crippen molar-refractivity contribution in [2.75, 3.05) is 31.1 Å². The summed E-state index contributed by atoms with van der Waals surface area (Å²) in [4.78, 5) is 30.1. The Morgan fingerprint density at radius 2 is 1.85 bits per heavy atom. The molecular formula is C20H27N5O. The van der Waals surface area contributed by atoms with Crippen LogP contribution in [0.2, 0.25) is 0 Å². The molecule has 0 radical (unpaired) electrons. The third kappa shape index (κ3) is 2.85. The Morgan fingerprint density at radius 3 is 2.62 bits per heavy atom. The van der Waals surface area contributed by atoms with Gasteiger partial charge in [-0.05, 0) is 50.7 Å². The molecule has 3 aliphatic rings. The van der Waals surface area contributed by atoms with Gasteiger partial charge in [-0.2, -0.15) is 0 Å². The molecule has 4 heterocycles. The van der Waals surface area contributed by atoms with Crippen LogP contribution >= 0.6 is 0 Å². The zero-order valence-electron chi connectivity index (χ0n) is 15.3. The molecule has 2 aromatic heterocycles. The summed E-state index contributed by atoms with van der Waals surface area (Å²) in [6.07, 6.45) is 8.15. The predicted molar refractivity (Wildman–Crippen MR) is 101 cm³/mol. The maximum Gasteiger partial charge on any atom is 0.227 e. The van der Waals surface area contributed by atoms with Gasteiger partial charge in [0.05, 0.1) is 5.92 Å². The number of rotatable bonds is 3. The van der Waals surface area contributed by atoms with Crippen LogP contribution in [-0.4, -0.2) is 51.9 Å². The van der Waals surface area contributed by atoms with Gasteiger partial charge in [-0.15, -0.1) is 0 Å². The van der Waals surface area contributed by atoms with E-state index in [2.05, 4.69) is 26.9 Å². The van der Waals surface area contributed by atoms with Crippen molar-refractivity contribution < 1.29 is 4.79 Å². The molecule has 2 aromatic rings. The molecule has 1 saturated carbocycles. The van der Waals surface area contributed by atoms with Gasteiger partial charge in [0, 0.05) is 32.1 Å². The first kappa shape index (κ1) is 16.1. The van der Waals surface area contributed by atoms with Gasteiger partial charge < -0.3 is 14.8 Å². The number of anilines is 1. The fourth-order valence-electron chi connectivity index (χ4n) is 4.54. The first-order valence-corrected chi connectivity index (χ1v) is 10.2. The lowest BCUT2D eigenvalue weighted by Crippen LogP contribution is -2.44. The Kier molecular flexibility index (Phi) is 4.06. The minimum atomic E-state index is 0.117. The number of nitrogens with zero attached hydrogens (tertiary/aromatic N) is 4. The molecule has 0 bridgehead atoms. The molecule has 1 atom stereocenters. The smallest absolute Gasteiger partial charge is 0.227 e. The average Bonchev–Trinajstić information content (AvgIpc) is 3.28. The summed E-state index contributed by atoms with van der Waals surface area (Å²) in [6, 6.07) is 4.14. The number of aromatic amines is 1. The van der Waals surface area contributed by atoms with E-state index >= 15 is 0 Å². The number of hydrogen-bond acceptors (Lipinski definition) is 4. The van der Waals surface area contributed by atoms with Crippen molar-refractivity contribution in [1.29, 1.82) is 0 Å². The zero-order chi connectivity index (χ0) is 17.5. The Balaban J connectivity index is 1.34. The SMILES string of the molecule is O=C(C1CCCN(c2ccc3nc(C4CCC4)[nH]c3n2)C1)N1CCCC1. The first-order valence-electron chi connectivity index (χ1n) is 10.2. The highest BCUT2D eigenvalue weighted by atomic mass is 16.2. The number of nitrogens with one attached hydrogen (secondary N) is 1. The summed E-state index contributed by atoms with van der Waals surface area (Å²) >= 11 is 0. The van der Waals surface area contributed by atoms with Crippen molar-refractivity contribution in [3.8, 4) is 0 Å². The van der Waals surface area contributed by atoms with Crippen LogP contribution in [-0.2, 0) is 4.79 Å². The summed E-state index contributed by atoms with van der Waals surface area (Å²) in [5, 5.41) is 0. The minimum absolute atomic E-state index is 0.117. The van der Waals surface area contributed by atoms with Gasteiger partial charge in [0.2, 0.25) is 5.91 Å². The second-order valence-corrected chi connectivity index (χ2v) is 8.10. The highest BCUT2D eigenvalue weighted by molar-refractivity contribution is 5.80. The van der Waals surface area contributed by atoms with Crippen molar-refractivity contribution >= 4 is 22.9 Å². The molecule has 1 N–H and O–H groups in total. The van der Waals surface area contributed by atoms with Crippen molar-refractivity contribution in [1.82, 2.24) is 19.9 Å². The number of carbonyl (C=O) groups is 1. The third-order valence-corrected chi connectivity index (χ3v) is 6.35. The average molecular weight is 353 g/mol. The van der Waals surface area contributed by atoms with Crippen LogP contribution in [0.3, 0.4) is 0 Å². The topological polar surface area (TPSA) is 65.1 Å². The van der Waals surface area contributed by atoms with E-state index < -0.39 is 0 Å². The van der Waals surface area contributed by atoms with Gasteiger partial charge >= 0.3 is 0 Å². The summed E-state index contributed by atoms with van der Waals surface area (Å²) < 4.78 is 0. The van der Waals surface area contributed by atoms with E-state index in [1.54, 1.807) is 0 Å². The fraction of sp³-hybridized carbons (Fsp3) is 0.650. The number of piperidine rings is 1. The van der Waals surface area contributed by atoms with Crippen LogP contribution in [0.4, 0.5) is 5.82 Å². The summed E-state index contributed by atoms with van der Waals surface area (Å²) in [7, 11) is 0. The van der Waals surface area contributed by atoms with Gasteiger partial charge in [0.1, 0.15) is 17.2 Å². The highest BCUT2D eigenvalue weighted by Crippen LogP contribution is 2.35. The summed E-state index contributed by atoms with van der Waals surface area (Å²) in [6.45, 7) is 3.65. The number of hydrogen-bond donors (Lipinski definition) is 1. The lowest BCUT2D eigenvalue weighted by atomic mass is 9.85. The normalized spacial score (nSPS) is 24.2. The second kappa shape index (κ2) is 6.56. The number of aromatic nitrogens is 3. The number of pyridine rings is 1. The number of H-pyrrole nitrogens is 1. The Labute approximate surface area is 154 Å². The van der Waals surface area contributed by atoms with Crippen LogP contribution in [0.5, 0.6) is 0 Å². The minimum Gasteiger partial charge on any atom is -0.356 e. The molecule has 1 aliphatic carbocycles. The lowest BCUT2D eigenvalue weighted by Gasteiger charge is -2.34. The number of carbonyl (C=O) groups excluding carboxylic acids is 1.